The maximum Gasteiger partial charge on any atom is 0.00901 e. The van der Waals surface area contributed by atoms with E-state index in [1.165, 1.54) is 17.6 Å². The second kappa shape index (κ2) is 10.4. The predicted octanol–water partition coefficient (Wildman–Crippen LogP) is 7.09. The first-order valence-corrected chi connectivity index (χ1v) is 7.70. The summed E-state index contributed by atoms with van der Waals surface area (Å²) < 4.78 is 0. The monoisotopic (exact) mass is 288 g/mol. The lowest BCUT2D eigenvalue weighted by atomic mass is 9.86. The van der Waals surface area contributed by atoms with Gasteiger partial charge in [-0.05, 0) is 37.3 Å². The molecule has 2 aliphatic carbocycles. The van der Waals surface area contributed by atoms with Gasteiger partial charge in [0.25, 0.3) is 0 Å². The fourth-order valence-electron chi connectivity index (χ4n) is 2.91. The van der Waals surface area contributed by atoms with E-state index in [9.17, 15) is 0 Å². The molecule has 0 aromatic heterocycles. The first-order valence-electron chi connectivity index (χ1n) is 7.70. The summed E-state index contributed by atoms with van der Waals surface area (Å²) in [6.07, 6.45) is 8.29. The molecule has 0 amide bonds. The van der Waals surface area contributed by atoms with Gasteiger partial charge in [0.1, 0.15) is 0 Å². The Kier molecular flexibility index (Phi) is 10.9. The van der Waals surface area contributed by atoms with Crippen LogP contribution >= 0.6 is 0 Å². The molecule has 3 rings (SSSR count). The van der Waals surface area contributed by atoms with Gasteiger partial charge in [-0.3, -0.25) is 0 Å². The zero-order chi connectivity index (χ0) is 14.4. The highest BCUT2D eigenvalue weighted by molar-refractivity contribution is 5.45. The molecule has 0 aliphatic heterocycles. The summed E-state index contributed by atoms with van der Waals surface area (Å²) in [6, 6.07) is 6.90. The molecule has 2 aliphatic rings. The number of rotatable bonds is 0. The minimum atomic E-state index is 0. The molecule has 2 unspecified atom stereocenters. The quantitative estimate of drug-likeness (QED) is 0.478. The van der Waals surface area contributed by atoms with Crippen LogP contribution in [0, 0.1) is 12.8 Å². The van der Waals surface area contributed by atoms with Gasteiger partial charge in [0, 0.05) is 5.92 Å². The Balaban J connectivity index is 0. The summed E-state index contributed by atoms with van der Waals surface area (Å²) in [5.74, 6) is 1.36. The van der Waals surface area contributed by atoms with Crippen LogP contribution in [0.3, 0.4) is 0 Å². The molecule has 1 aromatic carbocycles. The van der Waals surface area contributed by atoms with Gasteiger partial charge >= 0.3 is 0 Å². The molecule has 2 atom stereocenters. The summed E-state index contributed by atoms with van der Waals surface area (Å²) in [6.45, 7) is 12.4. The molecule has 0 saturated carbocycles. The van der Waals surface area contributed by atoms with E-state index in [0.29, 0.717) is 11.8 Å². The van der Waals surface area contributed by atoms with Gasteiger partial charge in [0.2, 0.25) is 0 Å². The minimum Gasteiger partial charge on any atom is -0.0776 e. The van der Waals surface area contributed by atoms with Crippen LogP contribution < -0.4 is 0 Å². The molecule has 21 heavy (non-hydrogen) atoms. The summed E-state index contributed by atoms with van der Waals surface area (Å²) in [7, 11) is 0. The van der Waals surface area contributed by atoms with E-state index in [1.54, 1.807) is 11.1 Å². The molecule has 0 spiro atoms. The number of hydrogen-bond donors (Lipinski definition) is 0. The zero-order valence-electron chi connectivity index (χ0n) is 13.3. The molecule has 120 valence electrons. The van der Waals surface area contributed by atoms with E-state index in [2.05, 4.69) is 50.3 Å². The molecule has 0 heteroatoms. The van der Waals surface area contributed by atoms with Gasteiger partial charge in [-0.25, -0.2) is 0 Å². The second-order valence-electron chi connectivity index (χ2n) is 4.87. The van der Waals surface area contributed by atoms with Crippen LogP contribution in [0.15, 0.2) is 42.0 Å². The number of hydrogen-bond acceptors (Lipinski definition) is 0. The third kappa shape index (κ3) is 4.88. The first-order chi connectivity index (χ1) is 9.24. The lowest BCUT2D eigenvalue weighted by Crippen LogP contribution is -2.06. The van der Waals surface area contributed by atoms with Crippen molar-refractivity contribution in [3.8, 4) is 0 Å². The molecule has 0 saturated heterocycles. The topological polar surface area (TPSA) is 0 Å². The van der Waals surface area contributed by atoms with Crippen molar-refractivity contribution in [2.75, 3.05) is 0 Å². The summed E-state index contributed by atoms with van der Waals surface area (Å²) in [5.41, 5.74) is 5.91. The Morgan fingerprint density at radius 2 is 1.57 bits per heavy atom. The fraction of sp³-hybridized carbons (Fsp3) is 0.524. The zero-order valence-corrected chi connectivity index (χ0v) is 13.3. The highest BCUT2D eigenvalue weighted by atomic mass is 14.3. The standard InChI is InChI=1S/C15H16.2C2H6.2CH4/c1-10-3-5-14-12(7-10)9-13-8-11(2)4-6-15(13)14;2*1-2;;/h3-8,12,14H,9H2,1-2H3;2*1-2H3;2*1H4. The SMILES string of the molecule is C.C.CC.CC.CC1=CC2Cc3cc(C)ccc3C2C=C1. The Bertz CT molecular complexity index is 463. The first kappa shape index (κ1) is 22.0. The average Bonchev–Trinajstić information content (AvgIpc) is 2.79. The van der Waals surface area contributed by atoms with E-state index >= 15 is 0 Å². The Morgan fingerprint density at radius 1 is 0.952 bits per heavy atom. The Morgan fingerprint density at radius 3 is 2.19 bits per heavy atom. The molecule has 0 bridgehead atoms. The third-order valence-corrected chi connectivity index (χ3v) is 3.62. The lowest BCUT2D eigenvalue weighted by molar-refractivity contribution is 0.625. The molecule has 0 fully saturated rings. The maximum absolute atomic E-state index is 2.43. The van der Waals surface area contributed by atoms with Crippen LogP contribution in [0.4, 0.5) is 0 Å². The second-order valence-corrected chi connectivity index (χ2v) is 4.87. The molecular weight excluding hydrogens is 252 g/mol. The van der Waals surface area contributed by atoms with Gasteiger partial charge in [-0.2, -0.15) is 0 Å². The van der Waals surface area contributed by atoms with Gasteiger partial charge in [0.15, 0.2) is 0 Å². The van der Waals surface area contributed by atoms with Crippen LogP contribution in [0.5, 0.6) is 0 Å². The highest BCUT2D eigenvalue weighted by Gasteiger charge is 2.30. The fourth-order valence-corrected chi connectivity index (χ4v) is 2.91. The molecule has 0 nitrogen and oxygen atoms in total. The molecule has 0 radical (unpaired) electrons. The van der Waals surface area contributed by atoms with E-state index in [1.807, 2.05) is 27.7 Å². The number of allylic oxidation sites excluding steroid dienone is 4. The Labute approximate surface area is 134 Å². The van der Waals surface area contributed by atoms with Gasteiger partial charge in [0.05, 0.1) is 0 Å². The van der Waals surface area contributed by atoms with Crippen molar-refractivity contribution in [3.05, 3.63) is 58.7 Å². The van der Waals surface area contributed by atoms with E-state index in [-0.39, 0.29) is 14.9 Å². The number of aryl methyl sites for hydroxylation is 1. The van der Waals surface area contributed by atoms with Crippen LogP contribution in [0.2, 0.25) is 0 Å². The van der Waals surface area contributed by atoms with Crippen molar-refractivity contribution < 1.29 is 0 Å². The van der Waals surface area contributed by atoms with Crippen molar-refractivity contribution in [1.82, 2.24) is 0 Å². The summed E-state index contributed by atoms with van der Waals surface area (Å²) >= 11 is 0. The third-order valence-electron chi connectivity index (χ3n) is 3.62. The molecule has 0 N–H and O–H groups in total. The van der Waals surface area contributed by atoms with E-state index in [0.717, 1.165) is 0 Å². The molecule has 0 heterocycles. The minimum absolute atomic E-state index is 0. The lowest BCUT2D eigenvalue weighted by Gasteiger charge is -2.18. The largest absolute Gasteiger partial charge is 0.0776 e. The van der Waals surface area contributed by atoms with Crippen LogP contribution in [-0.2, 0) is 6.42 Å². The molecular formula is C21H36. The normalized spacial score (nSPS) is 20.0. The predicted molar refractivity (Wildman–Crippen MR) is 100 cm³/mol. The van der Waals surface area contributed by atoms with Crippen molar-refractivity contribution >= 4 is 0 Å². The number of benzene rings is 1. The van der Waals surface area contributed by atoms with Crippen LogP contribution in [0.1, 0.15) is 72.1 Å². The molecule has 1 aromatic rings. The highest BCUT2D eigenvalue weighted by Crippen LogP contribution is 2.42. The van der Waals surface area contributed by atoms with Crippen LogP contribution in [0.25, 0.3) is 0 Å². The summed E-state index contributed by atoms with van der Waals surface area (Å²) in [4.78, 5) is 0. The van der Waals surface area contributed by atoms with Crippen molar-refractivity contribution in [3.63, 3.8) is 0 Å². The van der Waals surface area contributed by atoms with Crippen LogP contribution in [-0.4, -0.2) is 0 Å². The van der Waals surface area contributed by atoms with E-state index in [4.69, 9.17) is 0 Å². The van der Waals surface area contributed by atoms with Crippen molar-refractivity contribution in [2.45, 2.75) is 68.7 Å². The van der Waals surface area contributed by atoms with E-state index < -0.39 is 0 Å². The maximum atomic E-state index is 2.43. The smallest absolute Gasteiger partial charge is 0.00901 e. The van der Waals surface area contributed by atoms with Crippen molar-refractivity contribution in [1.29, 1.82) is 0 Å². The van der Waals surface area contributed by atoms with Gasteiger partial charge < -0.3 is 0 Å². The average molecular weight is 289 g/mol. The van der Waals surface area contributed by atoms with Gasteiger partial charge in [-0.1, -0.05) is 90.1 Å². The Hall–Kier alpha value is -1.30. The number of fused-ring (bicyclic) bond motifs is 3. The summed E-state index contributed by atoms with van der Waals surface area (Å²) in [5, 5.41) is 0. The van der Waals surface area contributed by atoms with Crippen molar-refractivity contribution in [2.24, 2.45) is 5.92 Å². The van der Waals surface area contributed by atoms with Gasteiger partial charge in [-0.15, -0.1) is 0 Å².